The van der Waals surface area contributed by atoms with E-state index in [4.69, 9.17) is 9.15 Å². The van der Waals surface area contributed by atoms with Gasteiger partial charge in [-0.05, 0) is 24.3 Å². The maximum absolute atomic E-state index is 11.8. The summed E-state index contributed by atoms with van der Waals surface area (Å²) in [4.78, 5) is 21.9. The molecule has 0 bridgehead atoms. The zero-order valence-corrected chi connectivity index (χ0v) is 11.1. The third-order valence-corrected chi connectivity index (χ3v) is 2.60. The minimum atomic E-state index is -0.537. The average Bonchev–Trinajstić information content (AvgIpc) is 2.98. The van der Waals surface area contributed by atoms with Gasteiger partial charge in [0.05, 0.1) is 30.1 Å². The lowest BCUT2D eigenvalue weighted by Crippen LogP contribution is -2.09. The number of hydrogen-bond acceptors (Lipinski definition) is 5. The Kier molecular flexibility index (Phi) is 4.35. The summed E-state index contributed by atoms with van der Waals surface area (Å²) in [5.74, 6) is 0.350. The van der Waals surface area contributed by atoms with Crippen molar-refractivity contribution < 1.29 is 18.9 Å². The molecule has 108 valence electrons. The monoisotopic (exact) mass is 288 g/mol. The highest BCUT2D eigenvalue weighted by Gasteiger charge is 2.12. The number of furan rings is 1. The quantitative estimate of drug-likeness (QED) is 0.518. The maximum atomic E-state index is 11.8. The standard InChI is InChI=1S/C14H12N2O5/c1-20-13-9-10(16(18)19)4-6-12(13)15-14(17)7-5-11-3-2-8-21-11/h2-9H,1H3,(H,15,17)/b7-5+. The number of non-ortho nitro benzene ring substituents is 1. The van der Waals surface area contributed by atoms with E-state index in [9.17, 15) is 14.9 Å². The first kappa shape index (κ1) is 14.3. The Balaban J connectivity index is 2.11. The molecule has 1 N–H and O–H groups in total. The largest absolute Gasteiger partial charge is 0.494 e. The van der Waals surface area contributed by atoms with Crippen LogP contribution in [0, 0.1) is 10.1 Å². The summed E-state index contributed by atoms with van der Waals surface area (Å²) >= 11 is 0. The van der Waals surface area contributed by atoms with Crippen LogP contribution in [-0.4, -0.2) is 17.9 Å². The van der Waals surface area contributed by atoms with Crippen molar-refractivity contribution in [2.75, 3.05) is 12.4 Å². The predicted molar refractivity (Wildman–Crippen MR) is 76.0 cm³/mol. The smallest absolute Gasteiger partial charge is 0.273 e. The number of nitro groups is 1. The van der Waals surface area contributed by atoms with Gasteiger partial charge in [-0.25, -0.2) is 0 Å². The molecule has 0 spiro atoms. The zero-order chi connectivity index (χ0) is 15.2. The number of amides is 1. The summed E-state index contributed by atoms with van der Waals surface area (Å²) in [5.41, 5.74) is 0.230. The summed E-state index contributed by atoms with van der Waals surface area (Å²) in [5, 5.41) is 13.3. The van der Waals surface area contributed by atoms with Gasteiger partial charge in [-0.2, -0.15) is 0 Å². The minimum Gasteiger partial charge on any atom is -0.494 e. The lowest BCUT2D eigenvalue weighted by molar-refractivity contribution is -0.384. The van der Waals surface area contributed by atoms with Gasteiger partial charge < -0.3 is 14.5 Å². The molecule has 0 fully saturated rings. The second-order valence-electron chi connectivity index (χ2n) is 3.98. The summed E-state index contributed by atoms with van der Waals surface area (Å²) in [7, 11) is 1.37. The second-order valence-corrected chi connectivity index (χ2v) is 3.98. The first-order valence-corrected chi connectivity index (χ1v) is 5.95. The molecular formula is C14H12N2O5. The van der Waals surface area contributed by atoms with E-state index in [0.29, 0.717) is 11.4 Å². The highest BCUT2D eigenvalue weighted by Crippen LogP contribution is 2.28. The lowest BCUT2D eigenvalue weighted by Gasteiger charge is -2.08. The number of anilines is 1. The van der Waals surface area contributed by atoms with Gasteiger partial charge in [0.25, 0.3) is 5.69 Å². The van der Waals surface area contributed by atoms with Gasteiger partial charge in [0.2, 0.25) is 5.91 Å². The van der Waals surface area contributed by atoms with Crippen molar-refractivity contribution >= 4 is 23.4 Å². The first-order chi connectivity index (χ1) is 10.1. The molecule has 7 heteroatoms. The van der Waals surface area contributed by atoms with Crippen LogP contribution in [0.3, 0.4) is 0 Å². The van der Waals surface area contributed by atoms with Gasteiger partial charge >= 0.3 is 0 Å². The Labute approximate surface area is 120 Å². The van der Waals surface area contributed by atoms with E-state index in [1.54, 1.807) is 12.1 Å². The number of rotatable bonds is 5. The number of nitrogens with one attached hydrogen (secondary N) is 1. The van der Waals surface area contributed by atoms with Crippen LogP contribution < -0.4 is 10.1 Å². The zero-order valence-electron chi connectivity index (χ0n) is 11.1. The van der Waals surface area contributed by atoms with Crippen molar-refractivity contribution in [2.45, 2.75) is 0 Å². The molecule has 7 nitrogen and oxygen atoms in total. The molecule has 0 unspecified atom stereocenters. The number of methoxy groups -OCH3 is 1. The Morgan fingerprint density at radius 1 is 1.43 bits per heavy atom. The van der Waals surface area contributed by atoms with Gasteiger partial charge in [-0.1, -0.05) is 0 Å². The lowest BCUT2D eigenvalue weighted by atomic mass is 10.2. The fourth-order valence-electron chi connectivity index (χ4n) is 1.62. The molecule has 0 saturated carbocycles. The first-order valence-electron chi connectivity index (χ1n) is 5.95. The van der Waals surface area contributed by atoms with Crippen molar-refractivity contribution in [1.29, 1.82) is 0 Å². The van der Waals surface area contributed by atoms with Gasteiger partial charge in [-0.15, -0.1) is 0 Å². The third kappa shape index (κ3) is 3.69. The van der Waals surface area contributed by atoms with Crippen molar-refractivity contribution in [3.8, 4) is 5.75 Å². The molecule has 2 rings (SSSR count). The van der Waals surface area contributed by atoms with E-state index < -0.39 is 10.8 Å². The fraction of sp³-hybridized carbons (Fsp3) is 0.0714. The molecule has 0 aliphatic carbocycles. The van der Waals surface area contributed by atoms with E-state index in [0.717, 1.165) is 0 Å². The number of nitro benzene ring substituents is 1. The van der Waals surface area contributed by atoms with Crippen LogP contribution in [0.2, 0.25) is 0 Å². The van der Waals surface area contributed by atoms with Gasteiger partial charge in [0.1, 0.15) is 11.5 Å². The highest BCUT2D eigenvalue weighted by atomic mass is 16.6. The molecular weight excluding hydrogens is 276 g/mol. The van der Waals surface area contributed by atoms with Crippen LogP contribution in [0.25, 0.3) is 6.08 Å². The molecule has 0 radical (unpaired) electrons. The average molecular weight is 288 g/mol. The van der Waals surface area contributed by atoms with E-state index in [1.807, 2.05) is 0 Å². The van der Waals surface area contributed by atoms with Crippen LogP contribution in [-0.2, 0) is 4.79 Å². The molecule has 0 aliphatic heterocycles. The predicted octanol–water partition coefficient (Wildman–Crippen LogP) is 2.85. The second kappa shape index (κ2) is 6.38. The van der Waals surface area contributed by atoms with E-state index in [2.05, 4.69) is 5.32 Å². The molecule has 1 aromatic heterocycles. The molecule has 1 amide bonds. The van der Waals surface area contributed by atoms with Crippen LogP contribution in [0.5, 0.6) is 5.75 Å². The molecule has 0 aliphatic rings. The van der Waals surface area contributed by atoms with Crippen LogP contribution in [0.4, 0.5) is 11.4 Å². The van der Waals surface area contributed by atoms with Crippen LogP contribution in [0.1, 0.15) is 5.76 Å². The number of carbonyl (C=O) groups is 1. The summed E-state index contributed by atoms with van der Waals surface area (Å²) in [6.07, 6.45) is 4.30. The van der Waals surface area contributed by atoms with Gasteiger partial charge in [-0.3, -0.25) is 14.9 Å². The molecule has 0 saturated heterocycles. The molecule has 1 heterocycles. The minimum absolute atomic E-state index is 0.115. The Morgan fingerprint density at radius 2 is 2.24 bits per heavy atom. The van der Waals surface area contributed by atoms with Gasteiger partial charge in [0, 0.05) is 12.1 Å². The Morgan fingerprint density at radius 3 is 2.86 bits per heavy atom. The van der Waals surface area contributed by atoms with Crippen molar-refractivity contribution in [3.63, 3.8) is 0 Å². The number of carbonyl (C=O) groups excluding carboxylic acids is 1. The SMILES string of the molecule is COc1cc([N+](=O)[O-])ccc1NC(=O)/C=C/c1ccco1. The maximum Gasteiger partial charge on any atom is 0.273 e. The topological polar surface area (TPSA) is 94.6 Å². The third-order valence-electron chi connectivity index (χ3n) is 2.60. The molecule has 21 heavy (non-hydrogen) atoms. The van der Waals surface area contributed by atoms with Crippen LogP contribution >= 0.6 is 0 Å². The Hall–Kier alpha value is -3.09. The van der Waals surface area contributed by atoms with Crippen LogP contribution in [0.15, 0.2) is 47.1 Å². The normalized spacial score (nSPS) is 10.5. The van der Waals surface area contributed by atoms with E-state index >= 15 is 0 Å². The number of nitrogens with zero attached hydrogens (tertiary/aromatic N) is 1. The van der Waals surface area contributed by atoms with Crippen molar-refractivity contribution in [3.05, 3.63) is 58.5 Å². The van der Waals surface area contributed by atoms with Gasteiger partial charge in [0.15, 0.2) is 0 Å². The molecule has 0 atom stereocenters. The fourth-order valence-corrected chi connectivity index (χ4v) is 1.62. The van der Waals surface area contributed by atoms with E-state index in [-0.39, 0.29) is 11.4 Å². The highest BCUT2D eigenvalue weighted by molar-refractivity contribution is 6.02. The van der Waals surface area contributed by atoms with Crippen molar-refractivity contribution in [1.82, 2.24) is 0 Å². The number of benzene rings is 1. The number of ether oxygens (including phenoxy) is 1. The van der Waals surface area contributed by atoms with Crippen molar-refractivity contribution in [2.24, 2.45) is 0 Å². The van der Waals surface area contributed by atoms with E-state index in [1.165, 1.54) is 43.7 Å². The summed E-state index contributed by atoms with van der Waals surface area (Å²) < 4.78 is 10.1. The summed E-state index contributed by atoms with van der Waals surface area (Å²) in [6, 6.07) is 7.35. The number of hydrogen-bond donors (Lipinski definition) is 1. The summed E-state index contributed by atoms with van der Waals surface area (Å²) in [6.45, 7) is 0. The molecule has 2 aromatic rings. The molecule has 1 aromatic carbocycles. The Bertz CT molecular complexity index is 677.